The summed E-state index contributed by atoms with van der Waals surface area (Å²) >= 11 is 0. The van der Waals surface area contributed by atoms with E-state index in [-0.39, 0.29) is 0 Å². The van der Waals surface area contributed by atoms with Gasteiger partial charge in [-0.3, -0.25) is 0 Å². The molecule has 9 aromatic carbocycles. The lowest BCUT2D eigenvalue weighted by Crippen LogP contribution is -1.93. The van der Waals surface area contributed by atoms with Crippen molar-refractivity contribution < 1.29 is 4.42 Å². The summed E-state index contributed by atoms with van der Waals surface area (Å²) in [7, 11) is 0. The number of rotatable bonds is 4. The first-order valence-electron chi connectivity index (χ1n) is 16.9. The van der Waals surface area contributed by atoms with Gasteiger partial charge in [0, 0.05) is 16.3 Å². The summed E-state index contributed by atoms with van der Waals surface area (Å²) in [5.74, 6) is 0. The van der Waals surface area contributed by atoms with E-state index in [2.05, 4.69) is 176 Å². The van der Waals surface area contributed by atoms with Crippen molar-refractivity contribution in [2.45, 2.75) is 0 Å². The van der Waals surface area contributed by atoms with Gasteiger partial charge in [-0.1, -0.05) is 170 Å². The van der Waals surface area contributed by atoms with Gasteiger partial charge in [0.25, 0.3) is 0 Å². The standard InChI is InChI=1S/C48H30O/c1-2-14-31(15-3-1)33-29-28-32-16-12-24-41(44(32)30-33)47-39-22-8-6-20-37(39)46(38-21-7-9-23-40(38)47)36-19-5-4-17-34(36)42-25-13-26-43-35-18-10-11-27-45(35)49-48(42)43/h1-30H. The predicted molar refractivity (Wildman–Crippen MR) is 208 cm³/mol. The monoisotopic (exact) mass is 622 g/mol. The van der Waals surface area contributed by atoms with Crippen LogP contribution in [0.5, 0.6) is 0 Å². The van der Waals surface area contributed by atoms with Crippen molar-refractivity contribution in [3.63, 3.8) is 0 Å². The summed E-state index contributed by atoms with van der Waals surface area (Å²) in [4.78, 5) is 0. The van der Waals surface area contributed by atoms with Gasteiger partial charge in [-0.2, -0.15) is 0 Å². The third-order valence-electron chi connectivity index (χ3n) is 10.1. The van der Waals surface area contributed by atoms with Crippen LogP contribution in [0.25, 0.3) is 98.8 Å². The van der Waals surface area contributed by atoms with E-state index in [1.54, 1.807) is 0 Å². The van der Waals surface area contributed by atoms with Gasteiger partial charge in [-0.15, -0.1) is 0 Å². The molecule has 0 aliphatic carbocycles. The summed E-state index contributed by atoms with van der Waals surface area (Å²) in [6.45, 7) is 0. The van der Waals surface area contributed by atoms with Gasteiger partial charge in [-0.05, 0) is 83.4 Å². The molecule has 10 aromatic rings. The molecule has 0 radical (unpaired) electrons. The minimum Gasteiger partial charge on any atom is -0.455 e. The Morgan fingerprint density at radius 2 is 0.816 bits per heavy atom. The molecule has 0 bridgehead atoms. The van der Waals surface area contributed by atoms with E-state index in [1.165, 1.54) is 65.7 Å². The lowest BCUT2D eigenvalue weighted by atomic mass is 9.82. The largest absolute Gasteiger partial charge is 0.455 e. The Morgan fingerprint density at radius 1 is 0.286 bits per heavy atom. The second-order valence-corrected chi connectivity index (χ2v) is 12.8. The Kier molecular flexibility index (Phi) is 6.25. The number of furan rings is 1. The molecule has 0 unspecified atom stereocenters. The minimum atomic E-state index is 0.910. The Balaban J connectivity index is 1.28. The molecule has 1 nitrogen and oxygen atoms in total. The highest BCUT2D eigenvalue weighted by molar-refractivity contribution is 6.25. The van der Waals surface area contributed by atoms with Crippen molar-refractivity contribution >= 4 is 54.3 Å². The first kappa shape index (κ1) is 27.7. The molecule has 0 amide bonds. The Bertz CT molecular complexity index is 2820. The zero-order chi connectivity index (χ0) is 32.3. The normalized spacial score (nSPS) is 11.7. The van der Waals surface area contributed by atoms with E-state index in [1.807, 2.05) is 6.07 Å². The maximum absolute atomic E-state index is 6.56. The van der Waals surface area contributed by atoms with E-state index in [0.29, 0.717) is 0 Å². The highest BCUT2D eigenvalue weighted by Gasteiger charge is 2.21. The number of fused-ring (bicyclic) bond motifs is 6. The molecule has 0 saturated carbocycles. The first-order chi connectivity index (χ1) is 24.3. The van der Waals surface area contributed by atoms with Gasteiger partial charge < -0.3 is 4.42 Å². The van der Waals surface area contributed by atoms with Crippen molar-refractivity contribution in [2.24, 2.45) is 0 Å². The molecule has 0 aliphatic heterocycles. The van der Waals surface area contributed by atoms with Crippen molar-refractivity contribution in [1.82, 2.24) is 0 Å². The molecule has 0 N–H and O–H groups in total. The third-order valence-corrected chi connectivity index (χ3v) is 10.1. The van der Waals surface area contributed by atoms with Crippen LogP contribution in [-0.2, 0) is 0 Å². The van der Waals surface area contributed by atoms with Crippen molar-refractivity contribution in [2.75, 3.05) is 0 Å². The minimum absolute atomic E-state index is 0.910. The summed E-state index contributed by atoms with van der Waals surface area (Å²) in [5, 5.41) is 9.72. The Labute approximate surface area is 284 Å². The van der Waals surface area contributed by atoms with Crippen LogP contribution in [0.2, 0.25) is 0 Å². The van der Waals surface area contributed by atoms with Crippen LogP contribution in [0.4, 0.5) is 0 Å². The first-order valence-corrected chi connectivity index (χ1v) is 16.9. The fourth-order valence-corrected chi connectivity index (χ4v) is 7.90. The molecule has 0 saturated heterocycles. The van der Waals surface area contributed by atoms with Crippen molar-refractivity contribution in [1.29, 1.82) is 0 Å². The average Bonchev–Trinajstić information content (AvgIpc) is 3.56. The molecular formula is C48H30O. The van der Waals surface area contributed by atoms with Gasteiger partial charge in [-0.25, -0.2) is 0 Å². The highest BCUT2D eigenvalue weighted by atomic mass is 16.3. The zero-order valence-corrected chi connectivity index (χ0v) is 26.7. The fourth-order valence-electron chi connectivity index (χ4n) is 7.90. The second-order valence-electron chi connectivity index (χ2n) is 12.8. The average molecular weight is 623 g/mol. The van der Waals surface area contributed by atoms with Crippen LogP contribution >= 0.6 is 0 Å². The topological polar surface area (TPSA) is 13.1 Å². The molecule has 1 heteroatoms. The maximum Gasteiger partial charge on any atom is 0.143 e. The number of hydrogen-bond donors (Lipinski definition) is 0. The summed E-state index contributed by atoms with van der Waals surface area (Å²) in [5.41, 5.74) is 11.5. The number of hydrogen-bond acceptors (Lipinski definition) is 1. The summed E-state index contributed by atoms with van der Waals surface area (Å²) in [6, 6.07) is 65.7. The molecule has 0 atom stereocenters. The van der Waals surface area contributed by atoms with Crippen LogP contribution in [0, 0.1) is 0 Å². The van der Waals surface area contributed by atoms with Crippen LogP contribution in [0.15, 0.2) is 186 Å². The van der Waals surface area contributed by atoms with E-state index in [9.17, 15) is 0 Å². The Hall–Kier alpha value is -6.44. The smallest absolute Gasteiger partial charge is 0.143 e. The van der Waals surface area contributed by atoms with Crippen molar-refractivity contribution in [3.05, 3.63) is 182 Å². The lowest BCUT2D eigenvalue weighted by molar-refractivity contribution is 0.670. The van der Waals surface area contributed by atoms with Crippen LogP contribution in [0.3, 0.4) is 0 Å². The molecule has 1 aromatic heterocycles. The second kappa shape index (κ2) is 11.1. The molecule has 49 heavy (non-hydrogen) atoms. The van der Waals surface area contributed by atoms with Crippen LogP contribution in [0.1, 0.15) is 0 Å². The van der Waals surface area contributed by atoms with E-state index < -0.39 is 0 Å². The molecule has 0 aliphatic rings. The molecule has 1 heterocycles. The summed E-state index contributed by atoms with van der Waals surface area (Å²) < 4.78 is 6.56. The predicted octanol–water partition coefficient (Wildman–Crippen LogP) is 13.7. The van der Waals surface area contributed by atoms with E-state index >= 15 is 0 Å². The zero-order valence-electron chi connectivity index (χ0n) is 26.7. The lowest BCUT2D eigenvalue weighted by Gasteiger charge is -2.20. The number of para-hydroxylation sites is 2. The Morgan fingerprint density at radius 3 is 1.55 bits per heavy atom. The fraction of sp³-hybridized carbons (Fsp3) is 0. The molecule has 228 valence electrons. The van der Waals surface area contributed by atoms with Gasteiger partial charge in [0.1, 0.15) is 11.2 Å². The third kappa shape index (κ3) is 4.33. The van der Waals surface area contributed by atoms with Crippen LogP contribution < -0.4 is 0 Å². The molecular weight excluding hydrogens is 593 g/mol. The van der Waals surface area contributed by atoms with Gasteiger partial charge >= 0.3 is 0 Å². The maximum atomic E-state index is 6.56. The molecule has 0 fully saturated rings. The van der Waals surface area contributed by atoms with E-state index in [4.69, 9.17) is 4.42 Å². The molecule has 10 rings (SSSR count). The highest BCUT2D eigenvalue weighted by Crippen LogP contribution is 2.48. The SMILES string of the molecule is c1ccc(-c2ccc3cccc(-c4c5ccccc5c(-c5ccccc5-c5cccc6c5oc5ccccc56)c5ccccc45)c3c2)cc1. The van der Waals surface area contributed by atoms with Crippen molar-refractivity contribution in [3.8, 4) is 44.5 Å². The quantitative estimate of drug-likeness (QED) is 0.178. The molecule has 0 spiro atoms. The van der Waals surface area contributed by atoms with Gasteiger partial charge in [0.2, 0.25) is 0 Å². The van der Waals surface area contributed by atoms with E-state index in [0.717, 1.165) is 33.1 Å². The number of benzene rings is 9. The summed E-state index contributed by atoms with van der Waals surface area (Å²) in [6.07, 6.45) is 0. The van der Waals surface area contributed by atoms with Gasteiger partial charge in [0.05, 0.1) is 0 Å². The van der Waals surface area contributed by atoms with Crippen LogP contribution in [-0.4, -0.2) is 0 Å². The van der Waals surface area contributed by atoms with Gasteiger partial charge in [0.15, 0.2) is 0 Å².